The Hall–Kier alpha value is -2.57. The highest BCUT2D eigenvalue weighted by molar-refractivity contribution is 5.98. The maximum atomic E-state index is 12.4. The number of carbonyl (C=O) groups is 1. The summed E-state index contributed by atoms with van der Waals surface area (Å²) in [7, 11) is 4.81. The molecule has 0 radical (unpaired) electrons. The number of aryl methyl sites for hydroxylation is 1. The Morgan fingerprint density at radius 1 is 1.33 bits per heavy atom. The lowest BCUT2D eigenvalue weighted by Crippen LogP contribution is -2.29. The van der Waals surface area contributed by atoms with Crippen molar-refractivity contribution in [2.24, 2.45) is 7.05 Å². The molecule has 0 bridgehead atoms. The van der Waals surface area contributed by atoms with E-state index in [9.17, 15) is 4.79 Å². The van der Waals surface area contributed by atoms with Gasteiger partial charge in [0.2, 0.25) is 0 Å². The van der Waals surface area contributed by atoms with Crippen LogP contribution in [0.1, 0.15) is 29.1 Å². The van der Waals surface area contributed by atoms with Crippen molar-refractivity contribution in [3.8, 4) is 11.5 Å². The molecule has 1 aromatic carbocycles. The molecule has 7 nitrogen and oxygen atoms in total. The van der Waals surface area contributed by atoms with Crippen LogP contribution in [0.25, 0.3) is 0 Å². The van der Waals surface area contributed by atoms with Gasteiger partial charge in [0.15, 0.2) is 11.5 Å². The molecule has 0 aliphatic rings. The third-order valence-corrected chi connectivity index (χ3v) is 3.13. The van der Waals surface area contributed by atoms with Gasteiger partial charge < -0.3 is 14.8 Å². The Balaban J connectivity index is 2.23. The van der Waals surface area contributed by atoms with E-state index in [0.29, 0.717) is 22.9 Å². The van der Waals surface area contributed by atoms with E-state index in [1.807, 2.05) is 6.92 Å². The summed E-state index contributed by atoms with van der Waals surface area (Å²) in [6.07, 6.45) is 1.45. The van der Waals surface area contributed by atoms with Crippen molar-refractivity contribution < 1.29 is 14.3 Å². The second-order valence-electron chi connectivity index (χ2n) is 4.48. The Labute approximate surface area is 122 Å². The van der Waals surface area contributed by atoms with E-state index >= 15 is 0 Å². The molecule has 2 aromatic rings. The van der Waals surface area contributed by atoms with Crippen LogP contribution in [-0.4, -0.2) is 34.9 Å². The highest BCUT2D eigenvalue weighted by Gasteiger charge is 2.20. The topological polar surface area (TPSA) is 78.3 Å². The van der Waals surface area contributed by atoms with Crippen LogP contribution in [0.15, 0.2) is 24.5 Å². The molecule has 0 saturated carbocycles. The van der Waals surface area contributed by atoms with Crippen molar-refractivity contribution >= 4 is 5.91 Å². The van der Waals surface area contributed by atoms with Gasteiger partial charge in [0.25, 0.3) is 5.91 Å². The molecule has 0 spiro atoms. The highest BCUT2D eigenvalue weighted by atomic mass is 16.5. The van der Waals surface area contributed by atoms with E-state index in [1.54, 1.807) is 29.9 Å². The van der Waals surface area contributed by atoms with Crippen LogP contribution >= 0.6 is 0 Å². The van der Waals surface area contributed by atoms with Crippen LogP contribution < -0.4 is 14.8 Å². The number of benzene rings is 1. The molecule has 1 unspecified atom stereocenters. The number of nitrogens with one attached hydrogen (secondary N) is 1. The summed E-state index contributed by atoms with van der Waals surface area (Å²) in [6, 6.07) is 4.88. The number of hydrogen-bond acceptors (Lipinski definition) is 5. The van der Waals surface area contributed by atoms with Crippen molar-refractivity contribution in [2.45, 2.75) is 13.0 Å². The minimum absolute atomic E-state index is 0.263. The standard InChI is InChI=1S/C14H18N4O3/c1-9(13-15-8-16-18(13)2)17-14(19)10-6-5-7-11(20-3)12(10)21-4/h5-9H,1-4H3,(H,17,19). The number of ether oxygens (including phenoxy) is 2. The van der Waals surface area contributed by atoms with Crippen LogP contribution in [0.5, 0.6) is 11.5 Å². The molecule has 2 rings (SSSR count). The fourth-order valence-electron chi connectivity index (χ4n) is 2.10. The number of hydrogen-bond donors (Lipinski definition) is 1. The number of carbonyl (C=O) groups excluding carboxylic acids is 1. The molecule has 0 saturated heterocycles. The largest absolute Gasteiger partial charge is 0.493 e. The number of para-hydroxylation sites is 1. The lowest BCUT2D eigenvalue weighted by Gasteiger charge is -2.16. The third-order valence-electron chi connectivity index (χ3n) is 3.13. The first-order valence-corrected chi connectivity index (χ1v) is 6.44. The number of nitrogens with zero attached hydrogens (tertiary/aromatic N) is 3. The van der Waals surface area contributed by atoms with Crippen LogP contribution in [0, 0.1) is 0 Å². The summed E-state index contributed by atoms with van der Waals surface area (Å²) in [5.41, 5.74) is 0.408. The molecule has 1 aromatic heterocycles. The van der Waals surface area contributed by atoms with Crippen LogP contribution in [0.4, 0.5) is 0 Å². The number of aromatic nitrogens is 3. The first-order valence-electron chi connectivity index (χ1n) is 6.44. The van der Waals surface area contributed by atoms with E-state index in [-0.39, 0.29) is 11.9 Å². The minimum Gasteiger partial charge on any atom is -0.493 e. The van der Waals surface area contributed by atoms with Gasteiger partial charge in [0.1, 0.15) is 12.2 Å². The molecule has 1 heterocycles. The van der Waals surface area contributed by atoms with Gasteiger partial charge in [-0.3, -0.25) is 9.48 Å². The smallest absolute Gasteiger partial charge is 0.255 e. The van der Waals surface area contributed by atoms with Gasteiger partial charge in [0.05, 0.1) is 25.8 Å². The molecule has 7 heteroatoms. The average molecular weight is 290 g/mol. The second-order valence-corrected chi connectivity index (χ2v) is 4.48. The summed E-state index contributed by atoms with van der Waals surface area (Å²) in [5, 5.41) is 6.86. The van der Waals surface area contributed by atoms with Gasteiger partial charge in [-0.1, -0.05) is 6.07 Å². The van der Waals surface area contributed by atoms with Crippen LogP contribution in [0.2, 0.25) is 0 Å². The molecule has 0 fully saturated rings. The predicted molar refractivity (Wildman–Crippen MR) is 76.4 cm³/mol. The molecule has 0 aliphatic carbocycles. The summed E-state index contributed by atoms with van der Waals surface area (Å²) in [6.45, 7) is 1.84. The maximum Gasteiger partial charge on any atom is 0.255 e. The first-order chi connectivity index (χ1) is 10.1. The van der Waals surface area contributed by atoms with Crippen LogP contribution in [-0.2, 0) is 7.05 Å². The SMILES string of the molecule is COc1cccc(C(=O)NC(C)c2ncnn2C)c1OC. The van der Waals surface area contributed by atoms with Gasteiger partial charge in [0, 0.05) is 7.05 Å². The molecule has 1 atom stereocenters. The summed E-state index contributed by atoms with van der Waals surface area (Å²) in [4.78, 5) is 16.5. The molecular weight excluding hydrogens is 272 g/mol. The quantitative estimate of drug-likeness (QED) is 0.898. The maximum absolute atomic E-state index is 12.4. The van der Waals surface area contributed by atoms with Crippen molar-refractivity contribution in [2.75, 3.05) is 14.2 Å². The summed E-state index contributed by atoms with van der Waals surface area (Å²) >= 11 is 0. The molecular formula is C14H18N4O3. The number of rotatable bonds is 5. The zero-order valence-electron chi connectivity index (χ0n) is 12.5. The van der Waals surface area contributed by atoms with Crippen LogP contribution in [0.3, 0.4) is 0 Å². The fraction of sp³-hybridized carbons (Fsp3) is 0.357. The van der Waals surface area contributed by atoms with Gasteiger partial charge in [-0.15, -0.1) is 0 Å². The van der Waals surface area contributed by atoms with E-state index in [4.69, 9.17) is 9.47 Å². The van der Waals surface area contributed by atoms with Crippen molar-refractivity contribution in [3.63, 3.8) is 0 Å². The first kappa shape index (κ1) is 14.8. The van der Waals surface area contributed by atoms with Gasteiger partial charge in [-0.05, 0) is 19.1 Å². The molecule has 1 amide bonds. The highest BCUT2D eigenvalue weighted by Crippen LogP contribution is 2.30. The van der Waals surface area contributed by atoms with Gasteiger partial charge in [-0.25, -0.2) is 4.98 Å². The Morgan fingerprint density at radius 3 is 2.67 bits per heavy atom. The third kappa shape index (κ3) is 2.96. The molecule has 1 N–H and O–H groups in total. The number of methoxy groups -OCH3 is 2. The van der Waals surface area contributed by atoms with Crippen molar-refractivity contribution in [1.29, 1.82) is 0 Å². The zero-order valence-corrected chi connectivity index (χ0v) is 12.5. The summed E-state index contributed by atoms with van der Waals surface area (Å²) in [5.74, 6) is 1.32. The Morgan fingerprint density at radius 2 is 2.10 bits per heavy atom. The normalized spacial score (nSPS) is 11.8. The lowest BCUT2D eigenvalue weighted by atomic mass is 10.1. The fourth-order valence-corrected chi connectivity index (χ4v) is 2.10. The van der Waals surface area contributed by atoms with E-state index < -0.39 is 0 Å². The predicted octanol–water partition coefficient (Wildman–Crippen LogP) is 1.32. The summed E-state index contributed by atoms with van der Waals surface area (Å²) < 4.78 is 12.1. The van der Waals surface area contributed by atoms with Gasteiger partial charge >= 0.3 is 0 Å². The van der Waals surface area contributed by atoms with Crippen molar-refractivity contribution in [3.05, 3.63) is 35.9 Å². The Bertz CT molecular complexity index is 639. The molecule has 0 aliphatic heterocycles. The van der Waals surface area contributed by atoms with E-state index in [0.717, 1.165) is 0 Å². The number of amides is 1. The molecule has 21 heavy (non-hydrogen) atoms. The molecule has 112 valence electrons. The average Bonchev–Trinajstić information content (AvgIpc) is 2.92. The lowest BCUT2D eigenvalue weighted by molar-refractivity contribution is 0.0934. The minimum atomic E-state index is -0.277. The van der Waals surface area contributed by atoms with E-state index in [2.05, 4.69) is 15.4 Å². The van der Waals surface area contributed by atoms with Gasteiger partial charge in [-0.2, -0.15) is 5.10 Å². The second kappa shape index (κ2) is 6.25. The monoisotopic (exact) mass is 290 g/mol. The van der Waals surface area contributed by atoms with E-state index in [1.165, 1.54) is 20.5 Å². The van der Waals surface area contributed by atoms with Crippen molar-refractivity contribution in [1.82, 2.24) is 20.1 Å². The Kier molecular flexibility index (Phi) is 4.42. The zero-order chi connectivity index (χ0) is 15.4.